The van der Waals surface area contributed by atoms with Gasteiger partial charge in [0.2, 0.25) is 0 Å². The number of urea groups is 1. The Kier molecular flexibility index (Phi) is 7.07. The first-order valence-electron chi connectivity index (χ1n) is 11.6. The van der Waals surface area contributed by atoms with Gasteiger partial charge in [-0.15, -0.1) is 0 Å². The number of hydroxylamine groups is 2. The normalized spacial score (nSPS) is 14.2. The molecule has 1 fully saturated rings. The highest BCUT2D eigenvalue weighted by molar-refractivity contribution is 5.79. The molecule has 8 nitrogen and oxygen atoms in total. The number of aromatic nitrogens is 2. The van der Waals surface area contributed by atoms with Crippen LogP contribution in [-0.4, -0.2) is 64.6 Å². The lowest BCUT2D eigenvalue weighted by molar-refractivity contribution is -0.0542. The smallest absolute Gasteiger partial charge is 0.343 e. The van der Waals surface area contributed by atoms with Crippen LogP contribution in [0.3, 0.4) is 0 Å². The molecular formula is C26H32N4O4. The number of amides is 2. The van der Waals surface area contributed by atoms with Gasteiger partial charge in [-0.2, -0.15) is 0 Å². The Morgan fingerprint density at radius 2 is 1.53 bits per heavy atom. The number of carbonyl (C=O) groups excluding carboxylic acids is 1. The van der Waals surface area contributed by atoms with Gasteiger partial charge in [-0.1, -0.05) is 0 Å². The van der Waals surface area contributed by atoms with Gasteiger partial charge in [0, 0.05) is 43.7 Å². The number of rotatable bonds is 6. The minimum absolute atomic E-state index is 0.215. The van der Waals surface area contributed by atoms with Crippen molar-refractivity contribution in [1.82, 2.24) is 19.5 Å². The summed E-state index contributed by atoms with van der Waals surface area (Å²) in [6, 6.07) is 15.6. The van der Waals surface area contributed by atoms with Crippen LogP contribution in [0.4, 0.5) is 4.79 Å². The molecule has 0 spiro atoms. The van der Waals surface area contributed by atoms with Gasteiger partial charge >= 0.3 is 6.03 Å². The summed E-state index contributed by atoms with van der Waals surface area (Å²) >= 11 is 0. The van der Waals surface area contributed by atoms with E-state index in [0.29, 0.717) is 13.1 Å². The summed E-state index contributed by atoms with van der Waals surface area (Å²) in [5.74, 6) is 2.82. The maximum absolute atomic E-state index is 12.3. The molecule has 0 atom stereocenters. The van der Waals surface area contributed by atoms with Gasteiger partial charge in [0.05, 0.1) is 25.6 Å². The quantitative estimate of drug-likeness (QED) is 0.419. The van der Waals surface area contributed by atoms with Crippen molar-refractivity contribution in [2.24, 2.45) is 7.05 Å². The Labute approximate surface area is 200 Å². The SMILES string of the molecule is CCN(O)C(=O)N1CCC(c2nc(-c3ccc(OC)cc3)c(-c3ccc(OC)cc3)n2C)CC1. The molecule has 3 aromatic rings. The fraction of sp³-hybridized carbons (Fsp3) is 0.385. The largest absolute Gasteiger partial charge is 0.497 e. The second-order valence-electron chi connectivity index (χ2n) is 8.44. The van der Waals surface area contributed by atoms with Crippen LogP contribution in [0.5, 0.6) is 11.5 Å². The Balaban J connectivity index is 1.68. The number of likely N-dealkylation sites (tertiary alicyclic amines) is 1. The van der Waals surface area contributed by atoms with E-state index in [4.69, 9.17) is 14.5 Å². The Hall–Kier alpha value is -3.52. The van der Waals surface area contributed by atoms with Crippen LogP contribution in [-0.2, 0) is 7.05 Å². The van der Waals surface area contributed by atoms with E-state index in [0.717, 1.165) is 57.7 Å². The highest BCUT2D eigenvalue weighted by atomic mass is 16.5. The zero-order valence-corrected chi connectivity index (χ0v) is 20.2. The molecule has 0 saturated carbocycles. The molecule has 1 aliphatic rings. The third-order valence-electron chi connectivity index (χ3n) is 6.51. The van der Waals surface area contributed by atoms with Crippen molar-refractivity contribution in [2.45, 2.75) is 25.7 Å². The Morgan fingerprint density at radius 1 is 1.00 bits per heavy atom. The first-order valence-corrected chi connectivity index (χ1v) is 11.6. The summed E-state index contributed by atoms with van der Waals surface area (Å²) in [4.78, 5) is 19.2. The molecule has 1 saturated heterocycles. The van der Waals surface area contributed by atoms with Crippen LogP contribution in [0, 0.1) is 0 Å². The van der Waals surface area contributed by atoms with Gasteiger partial charge in [0.1, 0.15) is 17.3 Å². The maximum Gasteiger partial charge on any atom is 0.343 e. The van der Waals surface area contributed by atoms with Crippen molar-refractivity contribution in [2.75, 3.05) is 33.9 Å². The molecule has 2 heterocycles. The number of benzene rings is 2. The van der Waals surface area contributed by atoms with Crippen molar-refractivity contribution in [3.8, 4) is 34.0 Å². The standard InChI is InChI=1S/C26H32N4O4/c1-5-30(32)26(31)29-16-14-20(15-17-29)25-27-23(18-6-10-21(33-3)11-7-18)24(28(25)2)19-8-12-22(34-4)13-9-19/h6-13,20,32H,5,14-17H2,1-4H3. The number of nitrogens with zero attached hydrogens (tertiary/aromatic N) is 4. The molecule has 1 aromatic heterocycles. The van der Waals surface area contributed by atoms with Gasteiger partial charge in [0.15, 0.2) is 0 Å². The number of methoxy groups -OCH3 is 2. The number of ether oxygens (including phenoxy) is 2. The highest BCUT2D eigenvalue weighted by Crippen LogP contribution is 2.38. The van der Waals surface area contributed by atoms with E-state index in [9.17, 15) is 10.0 Å². The van der Waals surface area contributed by atoms with E-state index in [2.05, 4.69) is 23.7 Å². The maximum atomic E-state index is 12.3. The lowest BCUT2D eigenvalue weighted by atomic mass is 9.96. The first-order chi connectivity index (χ1) is 16.5. The molecule has 1 aliphatic heterocycles. The number of carbonyl (C=O) groups is 1. The zero-order valence-electron chi connectivity index (χ0n) is 20.2. The van der Waals surface area contributed by atoms with Gasteiger partial charge in [-0.05, 0) is 68.3 Å². The summed E-state index contributed by atoms with van der Waals surface area (Å²) in [5, 5.41) is 10.5. The van der Waals surface area contributed by atoms with Gasteiger partial charge in [-0.3, -0.25) is 5.21 Å². The molecule has 4 rings (SSSR count). The fourth-order valence-corrected chi connectivity index (χ4v) is 4.54. The van der Waals surface area contributed by atoms with Crippen LogP contribution in [0.2, 0.25) is 0 Å². The molecule has 1 N–H and O–H groups in total. The molecule has 0 bridgehead atoms. The first kappa shape index (κ1) is 23.6. The molecule has 34 heavy (non-hydrogen) atoms. The van der Waals surface area contributed by atoms with Crippen LogP contribution in [0.25, 0.3) is 22.5 Å². The summed E-state index contributed by atoms with van der Waals surface area (Å²) in [7, 11) is 5.37. The van der Waals surface area contributed by atoms with Crippen molar-refractivity contribution in [3.63, 3.8) is 0 Å². The van der Waals surface area contributed by atoms with Crippen LogP contribution >= 0.6 is 0 Å². The molecule has 0 unspecified atom stereocenters. The molecule has 2 aromatic carbocycles. The summed E-state index contributed by atoms with van der Waals surface area (Å²) in [5.41, 5.74) is 4.02. The van der Waals surface area contributed by atoms with E-state index >= 15 is 0 Å². The van der Waals surface area contributed by atoms with Crippen LogP contribution < -0.4 is 9.47 Å². The lowest BCUT2D eigenvalue weighted by Crippen LogP contribution is -2.45. The molecule has 180 valence electrons. The van der Waals surface area contributed by atoms with Crippen molar-refractivity contribution < 1.29 is 19.5 Å². The Morgan fingerprint density at radius 3 is 2.03 bits per heavy atom. The average Bonchev–Trinajstić information content (AvgIpc) is 3.24. The van der Waals surface area contributed by atoms with Crippen molar-refractivity contribution in [1.29, 1.82) is 0 Å². The number of hydrogen-bond acceptors (Lipinski definition) is 5. The van der Waals surface area contributed by atoms with Gasteiger partial charge < -0.3 is 18.9 Å². The highest BCUT2D eigenvalue weighted by Gasteiger charge is 2.30. The van der Waals surface area contributed by atoms with E-state index < -0.39 is 0 Å². The van der Waals surface area contributed by atoms with Crippen molar-refractivity contribution >= 4 is 6.03 Å². The van der Waals surface area contributed by atoms with Gasteiger partial charge in [-0.25, -0.2) is 14.8 Å². The second-order valence-corrected chi connectivity index (χ2v) is 8.44. The molecule has 0 radical (unpaired) electrons. The minimum Gasteiger partial charge on any atom is -0.497 e. The zero-order chi connectivity index (χ0) is 24.2. The topological polar surface area (TPSA) is 80.1 Å². The Bertz CT molecular complexity index is 1120. The lowest BCUT2D eigenvalue weighted by Gasteiger charge is -2.33. The number of imidazole rings is 1. The van der Waals surface area contributed by atoms with Gasteiger partial charge in [0.25, 0.3) is 0 Å². The minimum atomic E-state index is -0.335. The van der Waals surface area contributed by atoms with E-state index in [1.165, 1.54) is 0 Å². The summed E-state index contributed by atoms with van der Waals surface area (Å²) in [6.45, 7) is 3.20. The van der Waals surface area contributed by atoms with E-state index in [1.54, 1.807) is 26.0 Å². The monoisotopic (exact) mass is 464 g/mol. The number of hydrogen-bond donors (Lipinski definition) is 1. The summed E-state index contributed by atoms with van der Waals surface area (Å²) < 4.78 is 12.8. The predicted octanol–water partition coefficient (Wildman–Crippen LogP) is 4.78. The third-order valence-corrected chi connectivity index (χ3v) is 6.51. The fourth-order valence-electron chi connectivity index (χ4n) is 4.54. The average molecular weight is 465 g/mol. The van der Waals surface area contributed by atoms with Crippen LogP contribution in [0.1, 0.15) is 31.5 Å². The summed E-state index contributed by atoms with van der Waals surface area (Å²) in [6.07, 6.45) is 1.58. The number of piperidine rings is 1. The molecule has 0 aliphatic carbocycles. The molecule has 8 heteroatoms. The predicted molar refractivity (Wildman–Crippen MR) is 130 cm³/mol. The molecule has 2 amide bonds. The van der Waals surface area contributed by atoms with E-state index in [1.807, 2.05) is 36.4 Å². The third kappa shape index (κ3) is 4.59. The van der Waals surface area contributed by atoms with Crippen molar-refractivity contribution in [3.05, 3.63) is 54.4 Å². The van der Waals surface area contributed by atoms with E-state index in [-0.39, 0.29) is 18.5 Å². The molecular weight excluding hydrogens is 432 g/mol. The van der Waals surface area contributed by atoms with Crippen LogP contribution in [0.15, 0.2) is 48.5 Å². The second kappa shape index (κ2) is 10.2.